The lowest BCUT2D eigenvalue weighted by molar-refractivity contribution is -0.112. The highest BCUT2D eigenvalue weighted by atomic mass is 16.1. The van der Waals surface area contributed by atoms with Gasteiger partial charge in [0.2, 0.25) is 0 Å². The van der Waals surface area contributed by atoms with Crippen LogP contribution in [0.2, 0.25) is 0 Å². The molecule has 0 radical (unpaired) electrons. The second-order valence-electron chi connectivity index (χ2n) is 3.95. The number of benzene rings is 1. The molecular weight excluding hydrogens is 210 g/mol. The van der Waals surface area contributed by atoms with Crippen molar-refractivity contribution in [3.05, 3.63) is 66.3 Å². The summed E-state index contributed by atoms with van der Waals surface area (Å²) in [4.78, 5) is 11.7. The molecule has 0 bridgehead atoms. The number of nitrogens with one attached hydrogen (secondary N) is 1. The first-order valence-electron chi connectivity index (χ1n) is 5.46. The predicted molar refractivity (Wildman–Crippen MR) is 72.8 cm³/mol. The molecule has 0 aliphatic carbocycles. The van der Waals surface area contributed by atoms with E-state index in [2.05, 4.69) is 11.9 Å². The van der Waals surface area contributed by atoms with Gasteiger partial charge in [0, 0.05) is 11.3 Å². The SMILES string of the molecule is C=C(C=CC=C(C)C)C(=O)Nc1ccccc1. The Balaban J connectivity index is 2.57. The molecule has 17 heavy (non-hydrogen) atoms. The van der Waals surface area contributed by atoms with E-state index in [0.717, 1.165) is 5.69 Å². The van der Waals surface area contributed by atoms with Crippen molar-refractivity contribution in [1.82, 2.24) is 0 Å². The van der Waals surface area contributed by atoms with Gasteiger partial charge < -0.3 is 5.32 Å². The van der Waals surface area contributed by atoms with E-state index in [9.17, 15) is 4.79 Å². The summed E-state index contributed by atoms with van der Waals surface area (Å²) in [6.45, 7) is 7.71. The zero-order chi connectivity index (χ0) is 12.7. The Morgan fingerprint density at radius 3 is 2.47 bits per heavy atom. The lowest BCUT2D eigenvalue weighted by Crippen LogP contribution is -2.12. The molecule has 88 valence electrons. The van der Waals surface area contributed by atoms with Crippen molar-refractivity contribution in [3.8, 4) is 0 Å². The largest absolute Gasteiger partial charge is 0.322 e. The molecule has 1 N–H and O–H groups in total. The fourth-order valence-corrected chi connectivity index (χ4v) is 1.17. The molecule has 1 aromatic carbocycles. The van der Waals surface area contributed by atoms with Crippen molar-refractivity contribution in [3.63, 3.8) is 0 Å². The minimum Gasteiger partial charge on any atom is -0.322 e. The van der Waals surface area contributed by atoms with Crippen LogP contribution in [0.5, 0.6) is 0 Å². The van der Waals surface area contributed by atoms with Crippen LogP contribution in [-0.4, -0.2) is 5.91 Å². The summed E-state index contributed by atoms with van der Waals surface area (Å²) < 4.78 is 0. The van der Waals surface area contributed by atoms with E-state index in [4.69, 9.17) is 0 Å². The first-order valence-corrected chi connectivity index (χ1v) is 5.46. The van der Waals surface area contributed by atoms with Crippen LogP contribution in [0.25, 0.3) is 0 Å². The Bertz CT molecular complexity index is 451. The highest BCUT2D eigenvalue weighted by molar-refractivity contribution is 6.05. The molecular formula is C15H17NO. The lowest BCUT2D eigenvalue weighted by atomic mass is 10.2. The van der Waals surface area contributed by atoms with Crippen molar-refractivity contribution in [2.24, 2.45) is 0 Å². The predicted octanol–water partition coefficient (Wildman–Crippen LogP) is 3.70. The average Bonchev–Trinajstić information content (AvgIpc) is 2.29. The molecule has 2 nitrogen and oxygen atoms in total. The molecule has 0 saturated carbocycles. The van der Waals surface area contributed by atoms with E-state index in [1.807, 2.05) is 56.3 Å². The molecule has 2 heteroatoms. The molecule has 0 aromatic heterocycles. The maximum Gasteiger partial charge on any atom is 0.255 e. The number of rotatable bonds is 4. The summed E-state index contributed by atoms with van der Waals surface area (Å²) in [6, 6.07) is 9.32. The zero-order valence-corrected chi connectivity index (χ0v) is 10.2. The molecule has 1 rings (SSSR count). The van der Waals surface area contributed by atoms with Crippen molar-refractivity contribution in [2.45, 2.75) is 13.8 Å². The van der Waals surface area contributed by atoms with Crippen LogP contribution in [0, 0.1) is 0 Å². The smallest absolute Gasteiger partial charge is 0.255 e. The Morgan fingerprint density at radius 1 is 1.24 bits per heavy atom. The number of carbonyl (C=O) groups excluding carboxylic acids is 1. The first-order chi connectivity index (χ1) is 8.09. The van der Waals surface area contributed by atoms with Crippen molar-refractivity contribution in [2.75, 3.05) is 5.32 Å². The third-order valence-electron chi connectivity index (χ3n) is 2.05. The second kappa shape index (κ2) is 6.48. The summed E-state index contributed by atoms with van der Waals surface area (Å²) in [5, 5.41) is 2.77. The van der Waals surface area contributed by atoms with Gasteiger partial charge in [-0.05, 0) is 26.0 Å². The van der Waals surface area contributed by atoms with Gasteiger partial charge >= 0.3 is 0 Å². The van der Waals surface area contributed by atoms with Gasteiger partial charge in [0.15, 0.2) is 0 Å². The van der Waals surface area contributed by atoms with Crippen LogP contribution >= 0.6 is 0 Å². The minimum atomic E-state index is -0.186. The molecule has 0 aliphatic rings. The number of amides is 1. The summed E-state index contributed by atoms with van der Waals surface area (Å²) >= 11 is 0. The number of para-hydroxylation sites is 1. The average molecular weight is 227 g/mol. The van der Waals surface area contributed by atoms with Gasteiger partial charge in [-0.15, -0.1) is 0 Å². The van der Waals surface area contributed by atoms with Gasteiger partial charge in [-0.3, -0.25) is 4.79 Å². The van der Waals surface area contributed by atoms with Crippen LogP contribution in [0.15, 0.2) is 66.3 Å². The third-order valence-corrected chi connectivity index (χ3v) is 2.05. The summed E-state index contributed by atoms with van der Waals surface area (Å²) in [6.07, 6.45) is 5.45. The Morgan fingerprint density at radius 2 is 1.88 bits per heavy atom. The van der Waals surface area contributed by atoms with E-state index in [1.165, 1.54) is 5.57 Å². The highest BCUT2D eigenvalue weighted by Crippen LogP contribution is 2.07. The van der Waals surface area contributed by atoms with Gasteiger partial charge in [-0.2, -0.15) is 0 Å². The molecule has 0 spiro atoms. The monoisotopic (exact) mass is 227 g/mol. The Kier molecular flexibility index (Phi) is 4.95. The summed E-state index contributed by atoms with van der Waals surface area (Å²) in [5.41, 5.74) is 2.39. The quantitative estimate of drug-likeness (QED) is 0.616. The van der Waals surface area contributed by atoms with Gasteiger partial charge in [-0.25, -0.2) is 0 Å². The fraction of sp³-hybridized carbons (Fsp3) is 0.133. The standard InChI is InChI=1S/C15H17NO/c1-12(2)8-7-9-13(3)15(17)16-14-10-5-4-6-11-14/h4-11H,3H2,1-2H3,(H,16,17). The molecule has 0 heterocycles. The van der Waals surface area contributed by atoms with Crippen LogP contribution in [0.3, 0.4) is 0 Å². The van der Waals surface area contributed by atoms with Crippen molar-refractivity contribution < 1.29 is 4.79 Å². The third kappa shape index (κ3) is 4.98. The number of hydrogen-bond donors (Lipinski definition) is 1. The highest BCUT2D eigenvalue weighted by Gasteiger charge is 2.02. The molecule has 0 atom stereocenters. The lowest BCUT2D eigenvalue weighted by Gasteiger charge is -2.03. The number of allylic oxidation sites excluding steroid dienone is 3. The van der Waals surface area contributed by atoms with Crippen molar-refractivity contribution >= 4 is 11.6 Å². The van der Waals surface area contributed by atoms with Crippen LogP contribution in [0.1, 0.15) is 13.8 Å². The number of hydrogen-bond acceptors (Lipinski definition) is 1. The van der Waals surface area contributed by atoms with E-state index < -0.39 is 0 Å². The number of anilines is 1. The van der Waals surface area contributed by atoms with Crippen molar-refractivity contribution in [1.29, 1.82) is 0 Å². The molecule has 1 amide bonds. The molecule has 1 aromatic rings. The van der Waals surface area contributed by atoms with Gasteiger partial charge in [-0.1, -0.05) is 48.6 Å². The summed E-state index contributed by atoms with van der Waals surface area (Å²) in [7, 11) is 0. The molecule has 0 aliphatic heterocycles. The maximum absolute atomic E-state index is 11.7. The fourth-order valence-electron chi connectivity index (χ4n) is 1.17. The number of carbonyl (C=O) groups is 1. The first kappa shape index (κ1) is 13.0. The van der Waals surface area contributed by atoms with Crippen LogP contribution < -0.4 is 5.32 Å². The van der Waals surface area contributed by atoms with E-state index in [-0.39, 0.29) is 5.91 Å². The minimum absolute atomic E-state index is 0.186. The van der Waals surface area contributed by atoms with Crippen LogP contribution in [-0.2, 0) is 4.79 Å². The summed E-state index contributed by atoms with van der Waals surface area (Å²) in [5.74, 6) is -0.186. The second-order valence-corrected chi connectivity index (χ2v) is 3.95. The Hall–Kier alpha value is -2.09. The zero-order valence-electron chi connectivity index (χ0n) is 10.2. The maximum atomic E-state index is 11.7. The molecule has 0 fully saturated rings. The van der Waals surface area contributed by atoms with E-state index in [1.54, 1.807) is 6.08 Å². The normalized spacial score (nSPS) is 10.0. The Labute approximate surface area is 102 Å². The molecule has 0 unspecified atom stereocenters. The van der Waals surface area contributed by atoms with E-state index in [0.29, 0.717) is 5.57 Å². The van der Waals surface area contributed by atoms with Gasteiger partial charge in [0.05, 0.1) is 0 Å². The molecule has 0 saturated heterocycles. The van der Waals surface area contributed by atoms with E-state index >= 15 is 0 Å². The van der Waals surface area contributed by atoms with Crippen LogP contribution in [0.4, 0.5) is 5.69 Å². The van der Waals surface area contributed by atoms with Gasteiger partial charge in [0.1, 0.15) is 0 Å². The van der Waals surface area contributed by atoms with Gasteiger partial charge in [0.25, 0.3) is 5.91 Å². The topological polar surface area (TPSA) is 29.1 Å².